The molecule has 0 radical (unpaired) electrons. The summed E-state index contributed by atoms with van der Waals surface area (Å²) in [7, 11) is 0. The molecule has 1 heterocycles. The molecule has 1 aromatic heterocycles. The monoisotopic (exact) mass is 441 g/mol. The summed E-state index contributed by atoms with van der Waals surface area (Å²) in [4.78, 5) is 12.9. The van der Waals surface area contributed by atoms with Crippen molar-refractivity contribution < 1.29 is 14.6 Å². The Bertz CT molecular complexity index is 997. The van der Waals surface area contributed by atoms with Crippen LogP contribution in [0.2, 0.25) is 0 Å². The zero-order valence-corrected chi connectivity index (χ0v) is 20.4. The van der Waals surface area contributed by atoms with Crippen molar-refractivity contribution >= 4 is 10.9 Å². The van der Waals surface area contributed by atoms with Crippen LogP contribution in [-0.4, -0.2) is 22.9 Å². The van der Waals surface area contributed by atoms with Gasteiger partial charge in [0.1, 0.15) is 12.4 Å². The summed E-state index contributed by atoms with van der Waals surface area (Å²) in [6, 6.07) is 5.62. The first-order valence-corrected chi connectivity index (χ1v) is 11.8. The van der Waals surface area contributed by atoms with Crippen LogP contribution < -0.4 is 15.0 Å². The number of hydrogen-bond donors (Lipinski definition) is 1. The number of nitrogens with zero attached hydrogens (tertiary/aromatic N) is 1. The topological polar surface area (TPSA) is 60.7 Å². The summed E-state index contributed by atoms with van der Waals surface area (Å²) in [5.74, 6) is 0.654. The Labute approximate surface area is 192 Å². The Balaban J connectivity index is 2.30. The number of aryl methyl sites for hydroxylation is 1. The molecule has 5 heteroatoms. The fourth-order valence-corrected chi connectivity index (χ4v) is 3.45. The molecular formula is C27H39NO4. The van der Waals surface area contributed by atoms with E-state index in [1.54, 1.807) is 4.57 Å². The van der Waals surface area contributed by atoms with Crippen LogP contribution in [0.3, 0.4) is 0 Å². The highest BCUT2D eigenvalue weighted by molar-refractivity contribution is 5.88. The van der Waals surface area contributed by atoms with Gasteiger partial charge in [-0.15, -0.1) is 0 Å². The van der Waals surface area contributed by atoms with Gasteiger partial charge in [-0.2, -0.15) is 0 Å². The minimum Gasteiger partial charge on any atom is -0.500 e. The summed E-state index contributed by atoms with van der Waals surface area (Å²) >= 11 is 0. The number of aromatic hydroxyl groups is 1. The maximum atomic E-state index is 12.9. The lowest BCUT2D eigenvalue weighted by Crippen LogP contribution is -2.21. The quantitative estimate of drug-likeness (QED) is 0.276. The van der Waals surface area contributed by atoms with E-state index in [4.69, 9.17) is 9.47 Å². The number of aromatic nitrogens is 1. The molecule has 5 nitrogen and oxygen atoms in total. The molecule has 0 aliphatic rings. The number of rotatable bonds is 13. The number of unbranched alkanes of at least 4 members (excludes halogenated alkanes) is 2. The van der Waals surface area contributed by atoms with E-state index in [9.17, 15) is 9.90 Å². The second-order valence-electron chi connectivity index (χ2n) is 8.55. The molecule has 2 aromatic rings. The van der Waals surface area contributed by atoms with Crippen molar-refractivity contribution in [2.24, 2.45) is 0 Å². The van der Waals surface area contributed by atoms with E-state index in [0.29, 0.717) is 25.5 Å². The molecular weight excluding hydrogens is 402 g/mol. The van der Waals surface area contributed by atoms with Crippen LogP contribution in [0.4, 0.5) is 0 Å². The van der Waals surface area contributed by atoms with Crippen molar-refractivity contribution in [3.63, 3.8) is 0 Å². The molecule has 2 rings (SSSR count). The van der Waals surface area contributed by atoms with Gasteiger partial charge in [-0.3, -0.25) is 4.79 Å². The Kier molecular flexibility index (Phi) is 10.4. The Morgan fingerprint density at radius 1 is 1.06 bits per heavy atom. The number of allylic oxidation sites excluding steroid dienone is 3. The summed E-state index contributed by atoms with van der Waals surface area (Å²) < 4.78 is 13.4. The van der Waals surface area contributed by atoms with Gasteiger partial charge in [0.05, 0.1) is 12.1 Å². The van der Waals surface area contributed by atoms with Crippen LogP contribution >= 0.6 is 0 Å². The van der Waals surface area contributed by atoms with E-state index in [1.165, 1.54) is 11.1 Å². The van der Waals surface area contributed by atoms with Gasteiger partial charge in [-0.25, -0.2) is 0 Å². The van der Waals surface area contributed by atoms with Gasteiger partial charge in [0.15, 0.2) is 5.75 Å². The molecule has 0 saturated carbocycles. The summed E-state index contributed by atoms with van der Waals surface area (Å²) in [6.45, 7) is 12.0. The van der Waals surface area contributed by atoms with Crippen molar-refractivity contribution in [3.05, 3.63) is 51.9 Å². The first-order valence-electron chi connectivity index (χ1n) is 11.8. The first-order chi connectivity index (χ1) is 15.4. The molecule has 1 N–H and O–H groups in total. The van der Waals surface area contributed by atoms with Crippen LogP contribution in [0.1, 0.15) is 73.1 Å². The average Bonchev–Trinajstić information content (AvgIpc) is 2.76. The zero-order valence-electron chi connectivity index (χ0n) is 20.4. The number of pyridine rings is 1. The van der Waals surface area contributed by atoms with Crippen LogP contribution in [0.25, 0.3) is 10.9 Å². The van der Waals surface area contributed by atoms with E-state index in [-0.39, 0.29) is 11.5 Å². The molecule has 1 aromatic carbocycles. The summed E-state index contributed by atoms with van der Waals surface area (Å²) in [5.41, 5.74) is 2.95. The third-order valence-electron chi connectivity index (χ3n) is 5.42. The van der Waals surface area contributed by atoms with Gasteiger partial charge in [0.2, 0.25) is 5.75 Å². The highest BCUT2D eigenvalue weighted by Gasteiger charge is 2.18. The standard InChI is InChI=1S/C27H39NO4/c1-6-8-16-28-24-19-22(31-18-15-21(5)12-10-11-20(3)4)13-14-23(24)26(25(29)27(28)30)32-17-9-7-2/h11,13-15,19,29H,6-10,12,16-18H2,1-5H3/b21-15+. The second-order valence-corrected chi connectivity index (χ2v) is 8.55. The highest BCUT2D eigenvalue weighted by Crippen LogP contribution is 2.34. The fraction of sp³-hybridized carbons (Fsp3) is 0.519. The molecule has 0 aliphatic carbocycles. The minimum absolute atomic E-state index is 0.271. The van der Waals surface area contributed by atoms with Crippen LogP contribution in [0, 0.1) is 0 Å². The lowest BCUT2D eigenvalue weighted by Gasteiger charge is -2.17. The van der Waals surface area contributed by atoms with E-state index >= 15 is 0 Å². The zero-order chi connectivity index (χ0) is 23.5. The third kappa shape index (κ3) is 7.18. The molecule has 0 amide bonds. The molecule has 0 bridgehead atoms. The van der Waals surface area contributed by atoms with Crippen molar-refractivity contribution in [2.75, 3.05) is 13.2 Å². The van der Waals surface area contributed by atoms with Gasteiger partial charge in [-0.05, 0) is 64.7 Å². The van der Waals surface area contributed by atoms with Gasteiger partial charge in [0.25, 0.3) is 5.56 Å². The van der Waals surface area contributed by atoms with Gasteiger partial charge in [0, 0.05) is 18.0 Å². The lowest BCUT2D eigenvalue weighted by atomic mass is 10.1. The molecule has 0 spiro atoms. The lowest BCUT2D eigenvalue weighted by molar-refractivity contribution is 0.293. The smallest absolute Gasteiger partial charge is 0.297 e. The molecule has 0 fully saturated rings. The van der Waals surface area contributed by atoms with Crippen molar-refractivity contribution in [3.8, 4) is 17.2 Å². The average molecular weight is 442 g/mol. The van der Waals surface area contributed by atoms with Crippen LogP contribution in [0.5, 0.6) is 17.2 Å². The van der Waals surface area contributed by atoms with E-state index in [2.05, 4.69) is 46.8 Å². The summed E-state index contributed by atoms with van der Waals surface area (Å²) in [6.07, 6.45) is 10.0. The SMILES string of the molecule is CCCCOc1c(O)c(=O)n(CCCC)c2cc(OC/C=C(\C)CCC=C(C)C)ccc12. The molecule has 0 aliphatic heterocycles. The minimum atomic E-state index is -0.412. The Morgan fingerprint density at radius 3 is 2.50 bits per heavy atom. The molecule has 0 atom stereocenters. The fourth-order valence-electron chi connectivity index (χ4n) is 3.45. The number of fused-ring (bicyclic) bond motifs is 1. The maximum absolute atomic E-state index is 12.9. The van der Waals surface area contributed by atoms with E-state index < -0.39 is 5.56 Å². The van der Waals surface area contributed by atoms with Gasteiger partial charge >= 0.3 is 0 Å². The van der Waals surface area contributed by atoms with E-state index in [1.807, 2.05) is 18.2 Å². The number of ether oxygens (including phenoxy) is 2. The van der Waals surface area contributed by atoms with Crippen molar-refractivity contribution in [1.29, 1.82) is 0 Å². The maximum Gasteiger partial charge on any atom is 0.297 e. The van der Waals surface area contributed by atoms with Gasteiger partial charge in [-0.1, -0.05) is 43.9 Å². The third-order valence-corrected chi connectivity index (χ3v) is 5.42. The molecule has 0 unspecified atom stereocenters. The first kappa shape index (κ1) is 25.6. The molecule has 176 valence electrons. The Hall–Kier alpha value is -2.69. The van der Waals surface area contributed by atoms with Crippen LogP contribution in [-0.2, 0) is 6.54 Å². The highest BCUT2D eigenvalue weighted by atomic mass is 16.5. The number of hydrogen-bond acceptors (Lipinski definition) is 4. The van der Waals surface area contributed by atoms with E-state index in [0.717, 1.165) is 49.4 Å². The molecule has 32 heavy (non-hydrogen) atoms. The largest absolute Gasteiger partial charge is 0.500 e. The van der Waals surface area contributed by atoms with Gasteiger partial charge < -0.3 is 19.1 Å². The second kappa shape index (κ2) is 13.0. The van der Waals surface area contributed by atoms with Crippen LogP contribution in [0.15, 0.2) is 46.3 Å². The predicted octanol–water partition coefficient (Wildman–Crippen LogP) is 6.76. The molecule has 0 saturated heterocycles. The Morgan fingerprint density at radius 2 is 1.81 bits per heavy atom. The van der Waals surface area contributed by atoms with Crippen molar-refractivity contribution in [1.82, 2.24) is 4.57 Å². The number of benzene rings is 1. The summed E-state index contributed by atoms with van der Waals surface area (Å²) in [5, 5.41) is 11.3. The van der Waals surface area contributed by atoms with Crippen molar-refractivity contribution in [2.45, 2.75) is 79.7 Å². The predicted molar refractivity (Wildman–Crippen MR) is 133 cm³/mol. The normalized spacial score (nSPS) is 11.6.